The number of fused-ring (bicyclic) bond motifs is 1. The summed E-state index contributed by atoms with van der Waals surface area (Å²) in [5.74, 6) is -0.286. The largest absolute Gasteiger partial charge is 0.462 e. The van der Waals surface area contributed by atoms with Crippen molar-refractivity contribution < 1.29 is 9.53 Å². The first-order valence-electron chi connectivity index (χ1n) is 6.81. The number of rotatable bonds is 5. The quantitative estimate of drug-likeness (QED) is 0.784. The maximum atomic E-state index is 11.7. The molecule has 1 heterocycles. The molecule has 0 amide bonds. The fourth-order valence-corrected chi connectivity index (χ4v) is 1.99. The Morgan fingerprint density at radius 1 is 1.25 bits per heavy atom. The lowest BCUT2D eigenvalue weighted by atomic mass is 10.1. The molecule has 0 aliphatic rings. The summed E-state index contributed by atoms with van der Waals surface area (Å²) in [6.45, 7) is 3.16. The van der Waals surface area contributed by atoms with Crippen LogP contribution in [0.15, 0.2) is 30.3 Å². The number of benzene rings is 1. The van der Waals surface area contributed by atoms with Gasteiger partial charge in [0.1, 0.15) is 0 Å². The van der Waals surface area contributed by atoms with Gasteiger partial charge in [-0.1, -0.05) is 6.07 Å². The molecule has 0 aliphatic carbocycles. The van der Waals surface area contributed by atoms with E-state index in [1.165, 1.54) is 0 Å². The summed E-state index contributed by atoms with van der Waals surface area (Å²) in [5.41, 5.74) is 2.55. The first-order chi connectivity index (χ1) is 9.60. The van der Waals surface area contributed by atoms with Crippen molar-refractivity contribution in [3.63, 3.8) is 0 Å². The molecule has 0 N–H and O–H groups in total. The van der Waals surface area contributed by atoms with Crippen LogP contribution in [0.25, 0.3) is 10.9 Å². The molecule has 4 heteroatoms. The first kappa shape index (κ1) is 14.5. The summed E-state index contributed by atoms with van der Waals surface area (Å²) in [4.78, 5) is 18.4. The van der Waals surface area contributed by atoms with Gasteiger partial charge in [-0.3, -0.25) is 4.98 Å². The Morgan fingerprint density at radius 3 is 2.75 bits per heavy atom. The van der Waals surface area contributed by atoms with Crippen LogP contribution in [0.5, 0.6) is 0 Å². The molecule has 2 aromatic rings. The highest BCUT2D eigenvalue weighted by Gasteiger charge is 2.07. The molecule has 0 atom stereocenters. The van der Waals surface area contributed by atoms with E-state index >= 15 is 0 Å². The molecule has 1 aromatic heterocycles. The van der Waals surface area contributed by atoms with Gasteiger partial charge in [-0.15, -0.1) is 0 Å². The molecule has 0 saturated heterocycles. The zero-order valence-electron chi connectivity index (χ0n) is 12.2. The van der Waals surface area contributed by atoms with Crippen molar-refractivity contribution in [1.82, 2.24) is 9.88 Å². The van der Waals surface area contributed by atoms with Crippen molar-refractivity contribution in [2.45, 2.75) is 13.3 Å². The number of esters is 1. The number of carbonyl (C=O) groups excluding carboxylic acids is 1. The number of carbonyl (C=O) groups is 1. The molecule has 0 fully saturated rings. The van der Waals surface area contributed by atoms with Crippen LogP contribution in [0.4, 0.5) is 0 Å². The molecular weight excluding hydrogens is 252 g/mol. The summed E-state index contributed by atoms with van der Waals surface area (Å²) < 4.78 is 5.00. The fraction of sp³-hybridized carbons (Fsp3) is 0.375. The predicted molar refractivity (Wildman–Crippen MR) is 80.0 cm³/mol. The van der Waals surface area contributed by atoms with E-state index in [2.05, 4.69) is 9.88 Å². The highest BCUT2D eigenvalue weighted by molar-refractivity contribution is 5.94. The Labute approximate surface area is 119 Å². The Bertz CT molecular complexity index is 608. The molecule has 0 unspecified atom stereocenters. The minimum absolute atomic E-state index is 0.286. The summed E-state index contributed by atoms with van der Waals surface area (Å²) in [6, 6.07) is 9.50. The van der Waals surface area contributed by atoms with Gasteiger partial charge in [0, 0.05) is 24.0 Å². The van der Waals surface area contributed by atoms with Gasteiger partial charge in [-0.25, -0.2) is 4.79 Å². The Morgan fingerprint density at radius 2 is 2.05 bits per heavy atom. The Hall–Kier alpha value is -1.94. The van der Waals surface area contributed by atoms with Gasteiger partial charge in [0.05, 0.1) is 17.7 Å². The fourth-order valence-electron chi connectivity index (χ4n) is 1.99. The zero-order valence-corrected chi connectivity index (χ0v) is 12.2. The minimum atomic E-state index is -0.286. The van der Waals surface area contributed by atoms with E-state index in [9.17, 15) is 4.79 Å². The van der Waals surface area contributed by atoms with Gasteiger partial charge >= 0.3 is 5.97 Å². The third-order valence-corrected chi connectivity index (χ3v) is 3.07. The van der Waals surface area contributed by atoms with Gasteiger partial charge < -0.3 is 9.64 Å². The molecule has 0 radical (unpaired) electrons. The van der Waals surface area contributed by atoms with Crippen LogP contribution in [-0.4, -0.2) is 43.1 Å². The Balaban J connectivity index is 2.23. The topological polar surface area (TPSA) is 42.4 Å². The summed E-state index contributed by atoms with van der Waals surface area (Å²) in [7, 11) is 4.10. The van der Waals surface area contributed by atoms with E-state index in [0.29, 0.717) is 12.2 Å². The average Bonchev–Trinajstić information content (AvgIpc) is 2.44. The number of aromatic nitrogens is 1. The van der Waals surface area contributed by atoms with Crippen LogP contribution < -0.4 is 0 Å². The van der Waals surface area contributed by atoms with E-state index in [0.717, 1.165) is 29.6 Å². The van der Waals surface area contributed by atoms with Gasteiger partial charge in [-0.05, 0) is 45.3 Å². The lowest BCUT2D eigenvalue weighted by Crippen LogP contribution is -2.15. The molecule has 0 saturated carbocycles. The molecule has 20 heavy (non-hydrogen) atoms. The molecule has 2 rings (SSSR count). The molecule has 1 aromatic carbocycles. The normalized spacial score (nSPS) is 11.0. The summed E-state index contributed by atoms with van der Waals surface area (Å²) in [5, 5.41) is 0.962. The van der Waals surface area contributed by atoms with Gasteiger partial charge in [0.25, 0.3) is 0 Å². The lowest BCUT2D eigenvalue weighted by Gasteiger charge is -2.09. The van der Waals surface area contributed by atoms with E-state index in [4.69, 9.17) is 4.74 Å². The number of nitrogens with zero attached hydrogens (tertiary/aromatic N) is 2. The highest BCUT2D eigenvalue weighted by atomic mass is 16.5. The summed E-state index contributed by atoms with van der Waals surface area (Å²) in [6.07, 6.45) is 0.919. The molecular formula is C16H20N2O2. The number of pyridine rings is 1. The van der Waals surface area contributed by atoms with Crippen molar-refractivity contribution in [1.29, 1.82) is 0 Å². The molecule has 0 bridgehead atoms. The van der Waals surface area contributed by atoms with E-state index in [-0.39, 0.29) is 5.97 Å². The van der Waals surface area contributed by atoms with Crippen LogP contribution in [0, 0.1) is 0 Å². The predicted octanol–water partition coefficient (Wildman–Crippen LogP) is 2.52. The van der Waals surface area contributed by atoms with Crippen molar-refractivity contribution in [2.75, 3.05) is 27.2 Å². The molecule has 106 valence electrons. The maximum Gasteiger partial charge on any atom is 0.338 e. The van der Waals surface area contributed by atoms with Crippen LogP contribution in [0.1, 0.15) is 23.0 Å². The average molecular weight is 272 g/mol. The van der Waals surface area contributed by atoms with Crippen LogP contribution in [-0.2, 0) is 11.2 Å². The summed E-state index contributed by atoms with van der Waals surface area (Å²) >= 11 is 0. The Kier molecular flexibility index (Phi) is 4.69. The lowest BCUT2D eigenvalue weighted by molar-refractivity contribution is 0.0526. The first-order valence-corrected chi connectivity index (χ1v) is 6.81. The maximum absolute atomic E-state index is 11.7. The number of hydrogen-bond acceptors (Lipinski definition) is 4. The van der Waals surface area contributed by atoms with Crippen LogP contribution >= 0.6 is 0 Å². The van der Waals surface area contributed by atoms with E-state index in [1.54, 1.807) is 13.0 Å². The molecule has 0 aliphatic heterocycles. The number of ether oxygens (including phenoxy) is 1. The second-order valence-electron chi connectivity index (χ2n) is 4.98. The SMILES string of the molecule is CCOC(=O)c1ccc2nc(CCN(C)C)ccc2c1. The van der Waals surface area contributed by atoms with E-state index in [1.807, 2.05) is 38.4 Å². The van der Waals surface area contributed by atoms with Gasteiger partial charge in [0.2, 0.25) is 0 Å². The van der Waals surface area contributed by atoms with Crippen molar-refractivity contribution in [3.8, 4) is 0 Å². The highest BCUT2D eigenvalue weighted by Crippen LogP contribution is 2.16. The zero-order chi connectivity index (χ0) is 14.5. The van der Waals surface area contributed by atoms with Crippen LogP contribution in [0.2, 0.25) is 0 Å². The van der Waals surface area contributed by atoms with Crippen molar-refractivity contribution in [2.24, 2.45) is 0 Å². The van der Waals surface area contributed by atoms with Crippen LogP contribution in [0.3, 0.4) is 0 Å². The second-order valence-corrected chi connectivity index (χ2v) is 4.98. The van der Waals surface area contributed by atoms with Gasteiger partial charge in [0.15, 0.2) is 0 Å². The number of hydrogen-bond donors (Lipinski definition) is 0. The second kappa shape index (κ2) is 6.48. The third kappa shape index (κ3) is 3.54. The van der Waals surface area contributed by atoms with Crippen molar-refractivity contribution >= 4 is 16.9 Å². The smallest absolute Gasteiger partial charge is 0.338 e. The van der Waals surface area contributed by atoms with Crippen molar-refractivity contribution in [3.05, 3.63) is 41.6 Å². The standard InChI is InChI=1S/C16H20N2O2/c1-4-20-16(19)13-6-8-15-12(11-13)5-7-14(17-15)9-10-18(2)3/h5-8,11H,4,9-10H2,1-3H3. The molecule has 4 nitrogen and oxygen atoms in total. The number of likely N-dealkylation sites (N-methyl/N-ethyl adjacent to an activating group) is 1. The van der Waals surface area contributed by atoms with E-state index < -0.39 is 0 Å². The molecule has 0 spiro atoms. The minimum Gasteiger partial charge on any atom is -0.462 e. The van der Waals surface area contributed by atoms with Gasteiger partial charge in [-0.2, -0.15) is 0 Å². The third-order valence-electron chi connectivity index (χ3n) is 3.07. The monoisotopic (exact) mass is 272 g/mol.